The maximum Gasteiger partial charge on any atom is 0.407 e. The van der Waals surface area contributed by atoms with Gasteiger partial charge < -0.3 is 44.6 Å². The molecule has 1 aliphatic carbocycles. The van der Waals surface area contributed by atoms with E-state index in [0.717, 1.165) is 74.8 Å². The number of carbonyl (C=O) groups is 4. The highest BCUT2D eigenvalue weighted by Gasteiger charge is 2.46. The van der Waals surface area contributed by atoms with Crippen molar-refractivity contribution in [2.24, 2.45) is 17.3 Å². The lowest BCUT2D eigenvalue weighted by Crippen LogP contribution is -2.56. The van der Waals surface area contributed by atoms with Crippen molar-refractivity contribution in [1.29, 1.82) is 0 Å². The monoisotopic (exact) mass is 868 g/mol. The van der Waals surface area contributed by atoms with E-state index in [0.29, 0.717) is 31.2 Å². The van der Waals surface area contributed by atoms with Gasteiger partial charge in [0.05, 0.1) is 49.2 Å². The van der Waals surface area contributed by atoms with E-state index in [9.17, 15) is 19.2 Å². The number of benzene rings is 3. The second-order valence-corrected chi connectivity index (χ2v) is 18.5. The Hall–Kier alpha value is -6.64. The summed E-state index contributed by atoms with van der Waals surface area (Å²) in [5.74, 6) is 1.95. The van der Waals surface area contributed by atoms with Crippen LogP contribution in [0, 0.1) is 17.3 Å². The Labute approximate surface area is 372 Å². The fourth-order valence-electron chi connectivity index (χ4n) is 10.1. The highest BCUT2D eigenvalue weighted by atomic mass is 16.5. The smallest absolute Gasteiger partial charge is 0.407 e. The summed E-state index contributed by atoms with van der Waals surface area (Å²) in [4.78, 5) is 73.8. The number of aromatic amines is 2. The van der Waals surface area contributed by atoms with E-state index in [1.165, 1.54) is 14.2 Å². The van der Waals surface area contributed by atoms with Gasteiger partial charge in [-0.2, -0.15) is 0 Å². The molecule has 1 unspecified atom stereocenters. The van der Waals surface area contributed by atoms with E-state index < -0.39 is 29.7 Å². The molecule has 0 saturated carbocycles. The summed E-state index contributed by atoms with van der Waals surface area (Å²) in [7, 11) is 2.60. The third kappa shape index (κ3) is 7.64. The van der Waals surface area contributed by atoms with Gasteiger partial charge in [-0.25, -0.2) is 19.6 Å². The summed E-state index contributed by atoms with van der Waals surface area (Å²) in [5.41, 5.74) is 5.93. The molecule has 0 bridgehead atoms. The van der Waals surface area contributed by atoms with Crippen LogP contribution in [0.25, 0.3) is 44.2 Å². The molecule has 0 spiro atoms. The fraction of sp³-hybridized carbons (Fsp3) is 0.429. The van der Waals surface area contributed by atoms with Crippen molar-refractivity contribution in [2.75, 3.05) is 20.8 Å². The third-order valence-corrected chi connectivity index (χ3v) is 13.6. The van der Waals surface area contributed by atoms with Crippen molar-refractivity contribution in [3.05, 3.63) is 90.2 Å². The number of hydrogen-bond acceptors (Lipinski definition) is 9. The van der Waals surface area contributed by atoms with Crippen LogP contribution in [-0.2, 0) is 25.7 Å². The van der Waals surface area contributed by atoms with Gasteiger partial charge in [-0.05, 0) is 90.8 Å². The molecule has 5 aromatic rings. The molecule has 2 aromatic heterocycles. The maximum atomic E-state index is 14.5. The van der Waals surface area contributed by atoms with Crippen molar-refractivity contribution >= 4 is 45.8 Å². The standard InChI is InChI=1S/C49H56N8O7/c1-26(2)40(54-47(60)62-6)45(58)57-28(4)11-16-37(57)43-50-23-36(52-43)30-12-14-32-31(20-30)25-64-39-22-33-29(21-34(32)39)13-15-35-41(33)53-44(51-35)38-19-27(3)24-56(38)46(59)42(55-48(61)63-7)49(5)17-9-8-10-18-49/h8-10,12-15,17,20-23,26-28,37-38,40,42H,11,16,18-19,24-25H2,1-7H3,(H,50,52)(H,51,53)(H,54,60)(H,55,61)/t27-,28-,37-,38-,40-,42-,49?/m0/s1. The van der Waals surface area contributed by atoms with Crippen molar-refractivity contribution in [1.82, 2.24) is 40.4 Å². The Morgan fingerprint density at radius 3 is 2.45 bits per heavy atom. The van der Waals surface area contributed by atoms with Crippen LogP contribution in [0.4, 0.5) is 9.59 Å². The molecule has 3 aliphatic heterocycles. The normalized spacial score (nSPS) is 23.4. The summed E-state index contributed by atoms with van der Waals surface area (Å²) in [6.45, 7) is 10.9. The molecule has 0 radical (unpaired) electrons. The van der Waals surface area contributed by atoms with E-state index in [1.54, 1.807) is 0 Å². The van der Waals surface area contributed by atoms with Gasteiger partial charge in [0, 0.05) is 29.0 Å². The van der Waals surface area contributed by atoms with Gasteiger partial charge >= 0.3 is 12.2 Å². The highest BCUT2D eigenvalue weighted by Crippen LogP contribution is 2.44. The Kier molecular flexibility index (Phi) is 11.2. The Bertz CT molecular complexity index is 2720. The van der Waals surface area contributed by atoms with Crippen LogP contribution in [0.3, 0.4) is 0 Å². The lowest BCUT2D eigenvalue weighted by atomic mass is 9.76. The minimum atomic E-state index is -0.829. The first kappa shape index (κ1) is 42.7. The number of amides is 4. The van der Waals surface area contributed by atoms with E-state index >= 15 is 0 Å². The van der Waals surface area contributed by atoms with Gasteiger partial charge in [0.25, 0.3) is 0 Å². The van der Waals surface area contributed by atoms with Crippen LogP contribution < -0.4 is 15.4 Å². The number of carbonyl (C=O) groups excluding carboxylic acids is 4. The third-order valence-electron chi connectivity index (χ3n) is 13.6. The minimum absolute atomic E-state index is 0.0193. The van der Waals surface area contributed by atoms with Gasteiger partial charge in [0.2, 0.25) is 11.8 Å². The van der Waals surface area contributed by atoms with Gasteiger partial charge in [0.1, 0.15) is 36.1 Å². The summed E-state index contributed by atoms with van der Waals surface area (Å²) in [6, 6.07) is 12.5. The molecule has 9 rings (SSSR count). The van der Waals surface area contributed by atoms with Crippen LogP contribution >= 0.6 is 0 Å². The number of likely N-dealkylation sites (tertiary alicyclic amines) is 2. The lowest BCUT2D eigenvalue weighted by Gasteiger charge is -2.38. The Morgan fingerprint density at radius 2 is 1.70 bits per heavy atom. The van der Waals surface area contributed by atoms with Crippen LogP contribution in [0.5, 0.6) is 5.75 Å². The summed E-state index contributed by atoms with van der Waals surface area (Å²) in [5, 5.41) is 7.54. The number of alkyl carbamates (subject to hydrolysis) is 2. The predicted octanol–water partition coefficient (Wildman–Crippen LogP) is 8.25. The lowest BCUT2D eigenvalue weighted by molar-refractivity contribution is -0.138. The maximum absolute atomic E-state index is 14.5. The fourth-order valence-corrected chi connectivity index (χ4v) is 10.1. The van der Waals surface area contributed by atoms with Gasteiger partial charge in [-0.3, -0.25) is 9.59 Å². The van der Waals surface area contributed by atoms with E-state index in [2.05, 4.69) is 63.9 Å². The number of ether oxygens (including phenoxy) is 3. The first-order valence-corrected chi connectivity index (χ1v) is 22.2. The van der Waals surface area contributed by atoms with Gasteiger partial charge in [-0.1, -0.05) is 70.2 Å². The topological polar surface area (TPSA) is 184 Å². The molecule has 15 nitrogen and oxygen atoms in total. The SMILES string of the molecule is COC(=O)N[C@H](C(=O)N1[C@@H](C)CC[C@H]1c1ncc(-c2ccc3c(c2)COc2cc4c(ccc5[nH]c([C@@H]6C[C@H](C)CN6C(=O)[C@H](NC(=O)OC)C6(C)C=CC=CC6)nc54)cc2-3)[nH]1)C(C)C. The number of nitrogens with zero attached hydrogens (tertiary/aromatic N) is 4. The molecule has 7 atom stereocenters. The number of methoxy groups -OCH3 is 2. The van der Waals surface area contributed by atoms with Crippen LogP contribution in [-0.4, -0.2) is 92.6 Å². The number of aromatic nitrogens is 4. The molecule has 3 aromatic carbocycles. The van der Waals surface area contributed by atoms with Gasteiger partial charge in [0.15, 0.2) is 0 Å². The zero-order valence-electron chi connectivity index (χ0n) is 37.4. The number of imidazole rings is 2. The number of rotatable bonds is 9. The van der Waals surface area contributed by atoms with Crippen LogP contribution in [0.15, 0.2) is 73.0 Å². The summed E-state index contributed by atoms with van der Waals surface area (Å²) in [6.07, 6.45) is 11.3. The minimum Gasteiger partial charge on any atom is -0.488 e. The highest BCUT2D eigenvalue weighted by molar-refractivity contribution is 6.07. The van der Waals surface area contributed by atoms with E-state index in [1.807, 2.05) is 74.1 Å². The molecule has 4 amide bonds. The molecule has 15 heteroatoms. The predicted molar refractivity (Wildman–Crippen MR) is 242 cm³/mol. The molecule has 2 saturated heterocycles. The number of H-pyrrole nitrogens is 2. The summed E-state index contributed by atoms with van der Waals surface area (Å²) >= 11 is 0. The summed E-state index contributed by atoms with van der Waals surface area (Å²) < 4.78 is 16.2. The zero-order valence-corrected chi connectivity index (χ0v) is 37.4. The van der Waals surface area contributed by atoms with E-state index in [-0.39, 0.29) is 41.8 Å². The van der Waals surface area contributed by atoms with Crippen molar-refractivity contribution in [3.63, 3.8) is 0 Å². The first-order chi connectivity index (χ1) is 30.8. The number of nitrogens with one attached hydrogen (secondary N) is 4. The average molecular weight is 869 g/mol. The molecule has 64 heavy (non-hydrogen) atoms. The van der Waals surface area contributed by atoms with Crippen molar-refractivity contribution in [3.8, 4) is 28.1 Å². The zero-order chi connectivity index (χ0) is 45.0. The second kappa shape index (κ2) is 16.8. The largest absolute Gasteiger partial charge is 0.488 e. The quantitative estimate of drug-likeness (QED) is 0.113. The first-order valence-electron chi connectivity index (χ1n) is 22.2. The number of fused-ring (bicyclic) bond motifs is 6. The molecular weight excluding hydrogens is 813 g/mol. The van der Waals surface area contributed by atoms with E-state index in [4.69, 9.17) is 24.2 Å². The van der Waals surface area contributed by atoms with Crippen LogP contribution in [0.1, 0.15) is 89.6 Å². The molecule has 2 fully saturated rings. The second-order valence-electron chi connectivity index (χ2n) is 18.5. The molecule has 4 N–H and O–H groups in total. The molecule has 4 aliphatic rings. The Balaban J connectivity index is 0.972. The van der Waals surface area contributed by atoms with Crippen LogP contribution in [0.2, 0.25) is 0 Å². The average Bonchev–Trinajstić information content (AvgIpc) is 4.12. The molecular formula is C49H56N8O7. The van der Waals surface area contributed by atoms with Crippen molar-refractivity contribution < 1.29 is 33.4 Å². The van der Waals surface area contributed by atoms with Crippen molar-refractivity contribution in [2.45, 2.75) is 97.1 Å². The number of hydrogen-bond donors (Lipinski definition) is 4. The number of allylic oxidation sites excluding steroid dienone is 3. The van der Waals surface area contributed by atoms with Gasteiger partial charge in [-0.15, -0.1) is 0 Å². The molecule has 5 heterocycles. The Morgan fingerprint density at radius 1 is 0.906 bits per heavy atom. The molecule has 334 valence electrons.